The van der Waals surface area contributed by atoms with E-state index in [1.54, 1.807) is 48.5 Å². The summed E-state index contributed by atoms with van der Waals surface area (Å²) < 4.78 is 5.59. The van der Waals surface area contributed by atoms with Gasteiger partial charge in [0.1, 0.15) is 11.5 Å². The number of carbonyl (C=O) groups is 1. The Hall–Kier alpha value is -2.00. The van der Waals surface area contributed by atoms with Crippen LogP contribution in [0.5, 0.6) is 11.5 Å². The highest BCUT2D eigenvalue weighted by Gasteiger charge is 2.02. The summed E-state index contributed by atoms with van der Waals surface area (Å²) in [6, 6.07) is 14.0. The maximum Gasteiger partial charge on any atom is 0.307 e. The van der Waals surface area contributed by atoms with Crippen LogP contribution in [0.4, 0.5) is 0 Å². The fourth-order valence-electron chi connectivity index (χ4n) is 1.52. The normalized spacial score (nSPS) is 10.1. The highest BCUT2D eigenvalue weighted by atomic mass is 35.5. The molecule has 0 saturated heterocycles. The van der Waals surface area contributed by atoms with Crippen molar-refractivity contribution in [1.29, 1.82) is 0 Å². The van der Waals surface area contributed by atoms with Gasteiger partial charge in [0.05, 0.1) is 6.42 Å². The van der Waals surface area contributed by atoms with Gasteiger partial charge < -0.3 is 9.84 Å². The molecule has 0 aliphatic heterocycles. The van der Waals surface area contributed by atoms with Crippen LogP contribution in [0.25, 0.3) is 0 Å². The van der Waals surface area contributed by atoms with Crippen molar-refractivity contribution >= 4 is 17.6 Å². The molecule has 0 aromatic heterocycles. The third kappa shape index (κ3) is 3.50. The van der Waals surface area contributed by atoms with Gasteiger partial charge in [0.2, 0.25) is 0 Å². The van der Waals surface area contributed by atoms with E-state index in [-0.39, 0.29) is 6.42 Å². The molecule has 0 bridgehead atoms. The van der Waals surface area contributed by atoms with Crippen molar-refractivity contribution in [2.45, 2.75) is 6.42 Å². The molecule has 0 spiro atoms. The maximum absolute atomic E-state index is 10.5. The summed E-state index contributed by atoms with van der Waals surface area (Å²) in [5.74, 6) is 0.443. The zero-order chi connectivity index (χ0) is 13.0. The van der Waals surface area contributed by atoms with Crippen molar-refractivity contribution in [3.05, 3.63) is 59.1 Å². The smallest absolute Gasteiger partial charge is 0.307 e. The third-order valence-electron chi connectivity index (χ3n) is 2.31. The average molecular weight is 263 g/mol. The highest BCUT2D eigenvalue weighted by molar-refractivity contribution is 6.30. The third-order valence-corrected chi connectivity index (χ3v) is 2.55. The first-order chi connectivity index (χ1) is 8.63. The van der Waals surface area contributed by atoms with E-state index in [4.69, 9.17) is 21.4 Å². The molecule has 2 aromatic carbocycles. The van der Waals surface area contributed by atoms with Gasteiger partial charge in [0.25, 0.3) is 0 Å². The van der Waals surface area contributed by atoms with Crippen LogP contribution < -0.4 is 4.74 Å². The molecule has 2 aromatic rings. The monoisotopic (exact) mass is 262 g/mol. The van der Waals surface area contributed by atoms with Crippen LogP contribution in [0.15, 0.2) is 48.5 Å². The number of halogens is 1. The Morgan fingerprint density at radius 3 is 2.44 bits per heavy atom. The van der Waals surface area contributed by atoms with Gasteiger partial charge in [-0.3, -0.25) is 4.79 Å². The first-order valence-corrected chi connectivity index (χ1v) is 5.75. The number of carboxylic acids is 1. The minimum absolute atomic E-state index is 0.0114. The van der Waals surface area contributed by atoms with Crippen molar-refractivity contribution < 1.29 is 14.6 Å². The van der Waals surface area contributed by atoms with E-state index in [0.29, 0.717) is 16.5 Å². The van der Waals surface area contributed by atoms with Gasteiger partial charge in [-0.1, -0.05) is 29.8 Å². The molecule has 0 radical (unpaired) electrons. The summed E-state index contributed by atoms with van der Waals surface area (Å²) in [6.07, 6.45) is 0.0114. The van der Waals surface area contributed by atoms with Crippen molar-refractivity contribution in [2.75, 3.05) is 0 Å². The minimum Gasteiger partial charge on any atom is -0.481 e. The number of benzene rings is 2. The van der Waals surface area contributed by atoms with E-state index in [1.807, 2.05) is 0 Å². The summed E-state index contributed by atoms with van der Waals surface area (Å²) in [5, 5.41) is 9.26. The van der Waals surface area contributed by atoms with Crippen LogP contribution in [0.2, 0.25) is 5.02 Å². The molecular formula is C14H11ClO3. The summed E-state index contributed by atoms with van der Waals surface area (Å²) in [4.78, 5) is 10.5. The molecule has 0 amide bonds. The van der Waals surface area contributed by atoms with Gasteiger partial charge in [0, 0.05) is 5.02 Å². The average Bonchev–Trinajstić information content (AvgIpc) is 2.31. The van der Waals surface area contributed by atoms with Gasteiger partial charge in [-0.2, -0.15) is 0 Å². The quantitative estimate of drug-likeness (QED) is 0.913. The number of aliphatic carboxylic acids is 1. The van der Waals surface area contributed by atoms with E-state index in [2.05, 4.69) is 0 Å². The Bertz CT molecular complexity index is 549. The van der Waals surface area contributed by atoms with Gasteiger partial charge >= 0.3 is 5.97 Å². The van der Waals surface area contributed by atoms with Crippen LogP contribution in [0, 0.1) is 0 Å². The Morgan fingerprint density at radius 1 is 1.11 bits per heavy atom. The maximum atomic E-state index is 10.5. The van der Waals surface area contributed by atoms with Crippen LogP contribution in [0.1, 0.15) is 5.56 Å². The SMILES string of the molecule is O=C(O)Cc1ccc(Oc2cccc(Cl)c2)cc1. The van der Waals surface area contributed by atoms with Crippen LogP contribution in [0.3, 0.4) is 0 Å². The Labute approximate surface area is 110 Å². The molecule has 0 saturated carbocycles. The van der Waals surface area contributed by atoms with Crippen molar-refractivity contribution in [1.82, 2.24) is 0 Å². The van der Waals surface area contributed by atoms with Gasteiger partial charge in [-0.25, -0.2) is 0 Å². The second-order valence-electron chi connectivity index (χ2n) is 3.77. The predicted octanol–water partition coefficient (Wildman–Crippen LogP) is 3.76. The van der Waals surface area contributed by atoms with Gasteiger partial charge in [-0.05, 0) is 35.9 Å². The lowest BCUT2D eigenvalue weighted by Gasteiger charge is -2.06. The van der Waals surface area contributed by atoms with Crippen molar-refractivity contribution in [2.24, 2.45) is 0 Å². The Balaban J connectivity index is 2.08. The lowest BCUT2D eigenvalue weighted by molar-refractivity contribution is -0.136. The Morgan fingerprint density at radius 2 is 1.83 bits per heavy atom. The Kier molecular flexibility index (Phi) is 3.85. The first-order valence-electron chi connectivity index (χ1n) is 5.37. The van der Waals surface area contributed by atoms with E-state index < -0.39 is 5.97 Å². The molecule has 0 heterocycles. The highest BCUT2D eigenvalue weighted by Crippen LogP contribution is 2.24. The lowest BCUT2D eigenvalue weighted by Crippen LogP contribution is -1.99. The topological polar surface area (TPSA) is 46.5 Å². The minimum atomic E-state index is -0.849. The van der Waals surface area contributed by atoms with E-state index in [1.165, 1.54) is 0 Å². The van der Waals surface area contributed by atoms with Crippen LogP contribution in [-0.2, 0) is 11.2 Å². The number of rotatable bonds is 4. The largest absolute Gasteiger partial charge is 0.481 e. The molecule has 2 rings (SSSR count). The molecule has 1 N–H and O–H groups in total. The van der Waals surface area contributed by atoms with Gasteiger partial charge in [0.15, 0.2) is 0 Å². The summed E-state index contributed by atoms with van der Waals surface area (Å²) in [7, 11) is 0. The number of ether oxygens (including phenoxy) is 1. The summed E-state index contributed by atoms with van der Waals surface area (Å²) in [6.45, 7) is 0. The molecule has 0 aliphatic rings. The molecule has 92 valence electrons. The molecular weight excluding hydrogens is 252 g/mol. The molecule has 3 nitrogen and oxygen atoms in total. The molecule has 0 fully saturated rings. The first kappa shape index (κ1) is 12.5. The van der Waals surface area contributed by atoms with E-state index >= 15 is 0 Å². The van der Waals surface area contributed by atoms with E-state index in [9.17, 15) is 4.79 Å². The zero-order valence-electron chi connectivity index (χ0n) is 9.47. The molecule has 0 aliphatic carbocycles. The second-order valence-corrected chi connectivity index (χ2v) is 4.21. The van der Waals surface area contributed by atoms with Crippen molar-refractivity contribution in [3.63, 3.8) is 0 Å². The lowest BCUT2D eigenvalue weighted by atomic mass is 10.1. The van der Waals surface area contributed by atoms with Crippen molar-refractivity contribution in [3.8, 4) is 11.5 Å². The summed E-state index contributed by atoms with van der Waals surface area (Å²) in [5.41, 5.74) is 0.737. The van der Waals surface area contributed by atoms with Crippen LogP contribution >= 0.6 is 11.6 Å². The summed E-state index contributed by atoms with van der Waals surface area (Å²) >= 11 is 5.85. The molecule has 4 heteroatoms. The predicted molar refractivity (Wildman–Crippen MR) is 69.3 cm³/mol. The molecule has 18 heavy (non-hydrogen) atoms. The standard InChI is InChI=1S/C14H11ClO3/c15-11-2-1-3-13(9-11)18-12-6-4-10(5-7-12)8-14(16)17/h1-7,9H,8H2,(H,16,17). The molecule has 0 atom stereocenters. The number of carboxylic acid groups (broad SMARTS) is 1. The van der Waals surface area contributed by atoms with Crippen LogP contribution in [-0.4, -0.2) is 11.1 Å². The second kappa shape index (κ2) is 5.56. The molecule has 0 unspecified atom stereocenters. The number of hydrogen-bond donors (Lipinski definition) is 1. The fourth-order valence-corrected chi connectivity index (χ4v) is 1.70. The zero-order valence-corrected chi connectivity index (χ0v) is 10.2. The number of hydrogen-bond acceptors (Lipinski definition) is 2. The van der Waals surface area contributed by atoms with Gasteiger partial charge in [-0.15, -0.1) is 0 Å². The fraction of sp³-hybridized carbons (Fsp3) is 0.0714. The van der Waals surface area contributed by atoms with E-state index in [0.717, 1.165) is 5.56 Å².